The SMILES string of the molecule is COc1ccc(C)cc1Nc1cncc(C(=O)Nc2cccc(C)c2C)c1. The molecule has 0 bridgehead atoms. The lowest BCUT2D eigenvalue weighted by Gasteiger charge is -2.13. The van der Waals surface area contributed by atoms with E-state index in [2.05, 4.69) is 15.6 Å². The molecule has 0 atom stereocenters. The molecule has 0 spiro atoms. The van der Waals surface area contributed by atoms with E-state index < -0.39 is 0 Å². The lowest BCUT2D eigenvalue weighted by Crippen LogP contribution is -2.13. The summed E-state index contributed by atoms with van der Waals surface area (Å²) in [6.45, 7) is 6.02. The van der Waals surface area contributed by atoms with Gasteiger partial charge in [-0.15, -0.1) is 0 Å². The van der Waals surface area contributed by atoms with Gasteiger partial charge in [-0.1, -0.05) is 18.2 Å². The van der Waals surface area contributed by atoms with E-state index in [1.165, 1.54) is 0 Å². The molecular weight excluding hydrogens is 338 g/mol. The van der Waals surface area contributed by atoms with Gasteiger partial charge in [0.1, 0.15) is 5.75 Å². The lowest BCUT2D eigenvalue weighted by molar-refractivity contribution is 0.102. The molecule has 0 aliphatic rings. The van der Waals surface area contributed by atoms with E-state index in [0.29, 0.717) is 11.3 Å². The number of pyridine rings is 1. The molecule has 3 aromatic rings. The van der Waals surface area contributed by atoms with Crippen molar-refractivity contribution in [1.29, 1.82) is 0 Å². The average Bonchev–Trinajstić information content (AvgIpc) is 2.66. The third kappa shape index (κ3) is 4.26. The van der Waals surface area contributed by atoms with Crippen molar-refractivity contribution in [3.8, 4) is 5.75 Å². The standard InChI is InChI=1S/C22H23N3O2/c1-14-8-9-21(27-4)20(10-14)24-18-11-17(12-23-13-18)22(26)25-19-7-5-6-15(2)16(19)3/h5-13,24H,1-4H3,(H,25,26). The summed E-state index contributed by atoms with van der Waals surface area (Å²) >= 11 is 0. The minimum atomic E-state index is -0.198. The number of benzene rings is 2. The molecule has 5 nitrogen and oxygen atoms in total. The highest BCUT2D eigenvalue weighted by molar-refractivity contribution is 6.05. The Morgan fingerprint density at radius 2 is 1.81 bits per heavy atom. The second-order valence-electron chi connectivity index (χ2n) is 6.49. The highest BCUT2D eigenvalue weighted by Gasteiger charge is 2.11. The van der Waals surface area contributed by atoms with Crippen molar-refractivity contribution in [3.05, 3.63) is 77.1 Å². The Labute approximate surface area is 159 Å². The zero-order valence-electron chi connectivity index (χ0n) is 16.0. The molecule has 0 unspecified atom stereocenters. The van der Waals surface area contributed by atoms with E-state index in [0.717, 1.165) is 33.8 Å². The van der Waals surface area contributed by atoms with Crippen LogP contribution in [0.15, 0.2) is 54.9 Å². The van der Waals surface area contributed by atoms with Gasteiger partial charge in [0.05, 0.1) is 30.2 Å². The van der Waals surface area contributed by atoms with E-state index in [4.69, 9.17) is 4.74 Å². The van der Waals surface area contributed by atoms with Crippen molar-refractivity contribution < 1.29 is 9.53 Å². The van der Waals surface area contributed by atoms with Crippen LogP contribution in [0, 0.1) is 20.8 Å². The molecule has 0 radical (unpaired) electrons. The number of anilines is 3. The summed E-state index contributed by atoms with van der Waals surface area (Å²) in [5.41, 5.74) is 6.12. The topological polar surface area (TPSA) is 63.2 Å². The van der Waals surface area contributed by atoms with Crippen molar-refractivity contribution >= 4 is 23.0 Å². The van der Waals surface area contributed by atoms with Crippen LogP contribution in [-0.4, -0.2) is 18.0 Å². The van der Waals surface area contributed by atoms with Crippen molar-refractivity contribution in [2.45, 2.75) is 20.8 Å². The van der Waals surface area contributed by atoms with Crippen molar-refractivity contribution in [2.75, 3.05) is 17.7 Å². The van der Waals surface area contributed by atoms with Crippen LogP contribution < -0.4 is 15.4 Å². The summed E-state index contributed by atoms with van der Waals surface area (Å²) in [5.74, 6) is 0.530. The summed E-state index contributed by atoms with van der Waals surface area (Å²) in [6.07, 6.45) is 3.23. The van der Waals surface area contributed by atoms with Gasteiger partial charge in [-0.2, -0.15) is 0 Å². The first kappa shape index (κ1) is 18.5. The maximum atomic E-state index is 12.7. The molecule has 0 aliphatic heterocycles. The number of nitrogens with one attached hydrogen (secondary N) is 2. The van der Waals surface area contributed by atoms with Gasteiger partial charge >= 0.3 is 0 Å². The number of carbonyl (C=O) groups excluding carboxylic acids is 1. The zero-order chi connectivity index (χ0) is 19.4. The van der Waals surface area contributed by atoms with E-state index in [1.807, 2.05) is 57.2 Å². The van der Waals surface area contributed by atoms with Crippen LogP contribution in [0.25, 0.3) is 0 Å². The van der Waals surface area contributed by atoms with Gasteiger partial charge < -0.3 is 15.4 Å². The van der Waals surface area contributed by atoms with Gasteiger partial charge in [0, 0.05) is 11.9 Å². The number of hydrogen-bond donors (Lipinski definition) is 2. The summed E-state index contributed by atoms with van der Waals surface area (Å²) in [6, 6.07) is 13.5. The van der Waals surface area contributed by atoms with Crippen LogP contribution in [0.2, 0.25) is 0 Å². The molecule has 0 saturated heterocycles. The molecule has 1 amide bonds. The number of aromatic nitrogens is 1. The predicted octanol–water partition coefficient (Wildman–Crippen LogP) is 5.01. The maximum Gasteiger partial charge on any atom is 0.257 e. The molecule has 3 rings (SSSR count). The minimum Gasteiger partial charge on any atom is -0.495 e. The van der Waals surface area contributed by atoms with Crippen LogP contribution in [-0.2, 0) is 0 Å². The second kappa shape index (κ2) is 7.91. The van der Waals surface area contributed by atoms with Crippen LogP contribution in [0.4, 0.5) is 17.1 Å². The Bertz CT molecular complexity index is 983. The lowest BCUT2D eigenvalue weighted by atomic mass is 10.1. The Morgan fingerprint density at radius 3 is 2.59 bits per heavy atom. The highest BCUT2D eigenvalue weighted by atomic mass is 16.5. The molecule has 0 aliphatic carbocycles. The third-order valence-corrected chi connectivity index (χ3v) is 4.49. The molecule has 138 valence electrons. The molecule has 0 saturated carbocycles. The molecular formula is C22H23N3O2. The first-order valence-corrected chi connectivity index (χ1v) is 8.72. The van der Waals surface area contributed by atoms with E-state index in [1.54, 1.807) is 25.6 Å². The Balaban J connectivity index is 1.82. The fraction of sp³-hybridized carbons (Fsp3) is 0.182. The van der Waals surface area contributed by atoms with Crippen molar-refractivity contribution in [1.82, 2.24) is 4.98 Å². The first-order valence-electron chi connectivity index (χ1n) is 8.72. The number of aryl methyl sites for hydroxylation is 2. The molecule has 1 heterocycles. The van der Waals surface area contributed by atoms with E-state index in [-0.39, 0.29) is 5.91 Å². The van der Waals surface area contributed by atoms with Gasteiger partial charge in [0.25, 0.3) is 5.91 Å². The van der Waals surface area contributed by atoms with Crippen LogP contribution >= 0.6 is 0 Å². The predicted molar refractivity (Wildman–Crippen MR) is 109 cm³/mol. The molecule has 5 heteroatoms. The molecule has 1 aromatic heterocycles. The summed E-state index contributed by atoms with van der Waals surface area (Å²) in [7, 11) is 1.63. The minimum absolute atomic E-state index is 0.198. The fourth-order valence-corrected chi connectivity index (χ4v) is 2.79. The fourth-order valence-electron chi connectivity index (χ4n) is 2.79. The number of hydrogen-bond acceptors (Lipinski definition) is 4. The van der Waals surface area contributed by atoms with Gasteiger partial charge in [0.15, 0.2) is 0 Å². The van der Waals surface area contributed by atoms with Gasteiger partial charge in [0.2, 0.25) is 0 Å². The summed E-state index contributed by atoms with van der Waals surface area (Å²) in [4.78, 5) is 16.9. The number of rotatable bonds is 5. The molecule has 2 aromatic carbocycles. The average molecular weight is 361 g/mol. The van der Waals surface area contributed by atoms with Crippen molar-refractivity contribution in [2.24, 2.45) is 0 Å². The number of nitrogens with zero attached hydrogens (tertiary/aromatic N) is 1. The van der Waals surface area contributed by atoms with Crippen LogP contribution in [0.5, 0.6) is 5.75 Å². The van der Waals surface area contributed by atoms with Gasteiger partial charge in [-0.05, 0) is 61.7 Å². The number of carbonyl (C=O) groups is 1. The van der Waals surface area contributed by atoms with Crippen molar-refractivity contribution in [3.63, 3.8) is 0 Å². The monoisotopic (exact) mass is 361 g/mol. The third-order valence-electron chi connectivity index (χ3n) is 4.49. The van der Waals surface area contributed by atoms with Gasteiger partial charge in [-0.25, -0.2) is 0 Å². The Kier molecular flexibility index (Phi) is 5.41. The van der Waals surface area contributed by atoms with Crippen LogP contribution in [0.3, 0.4) is 0 Å². The maximum absolute atomic E-state index is 12.7. The largest absolute Gasteiger partial charge is 0.495 e. The summed E-state index contributed by atoms with van der Waals surface area (Å²) < 4.78 is 5.39. The highest BCUT2D eigenvalue weighted by Crippen LogP contribution is 2.28. The Hall–Kier alpha value is -3.34. The van der Waals surface area contributed by atoms with E-state index >= 15 is 0 Å². The number of methoxy groups -OCH3 is 1. The number of ether oxygens (including phenoxy) is 1. The van der Waals surface area contributed by atoms with E-state index in [9.17, 15) is 4.79 Å². The number of amides is 1. The molecule has 27 heavy (non-hydrogen) atoms. The summed E-state index contributed by atoms with van der Waals surface area (Å²) in [5, 5.41) is 6.24. The second-order valence-corrected chi connectivity index (χ2v) is 6.49. The Morgan fingerprint density at radius 1 is 1.00 bits per heavy atom. The first-order chi connectivity index (χ1) is 13.0. The normalized spacial score (nSPS) is 10.4. The zero-order valence-corrected chi connectivity index (χ0v) is 16.0. The van der Waals surface area contributed by atoms with Crippen LogP contribution in [0.1, 0.15) is 27.0 Å². The van der Waals surface area contributed by atoms with Gasteiger partial charge in [-0.3, -0.25) is 9.78 Å². The quantitative estimate of drug-likeness (QED) is 0.670. The smallest absolute Gasteiger partial charge is 0.257 e. The molecule has 2 N–H and O–H groups in total. The molecule has 0 fully saturated rings.